The molecule has 20 nitrogen and oxygen atoms in total. The van der Waals surface area contributed by atoms with Crippen molar-refractivity contribution >= 4 is 52.7 Å². The molecular weight excluding hydrogens is 869 g/mol. The topological polar surface area (TPSA) is 273 Å². The van der Waals surface area contributed by atoms with Gasteiger partial charge in [0.2, 0.25) is 23.6 Å². The number of aromatic nitrogens is 7. The summed E-state index contributed by atoms with van der Waals surface area (Å²) in [4.78, 5) is 74.5. The molecule has 8 rings (SSSR count). The number of anilines is 4. The highest BCUT2D eigenvalue weighted by atomic mass is 16.4. The summed E-state index contributed by atoms with van der Waals surface area (Å²) in [5.74, 6) is -0.130. The van der Waals surface area contributed by atoms with Crippen LogP contribution in [0.1, 0.15) is 75.3 Å². The first kappa shape index (κ1) is 46.4. The number of carboxylic acids is 1. The highest BCUT2D eigenvalue weighted by molar-refractivity contribution is 6.05. The number of nitrogen functional groups attached to an aromatic ring is 1. The molecule has 0 aliphatic carbocycles. The number of piperidine rings is 1. The fourth-order valence-electron chi connectivity index (χ4n) is 7.96. The van der Waals surface area contributed by atoms with E-state index in [1.165, 1.54) is 10.8 Å². The van der Waals surface area contributed by atoms with Gasteiger partial charge in [0.1, 0.15) is 17.4 Å². The predicted octanol–water partition coefficient (Wildman–Crippen LogP) is 5.48. The number of likely N-dealkylation sites (tertiary alicyclic amines) is 1. The van der Waals surface area contributed by atoms with Crippen molar-refractivity contribution in [2.75, 3.05) is 47.9 Å². The molecule has 5 aromatic heterocycles. The van der Waals surface area contributed by atoms with E-state index in [2.05, 4.69) is 56.6 Å². The van der Waals surface area contributed by atoms with Crippen molar-refractivity contribution in [3.8, 4) is 22.7 Å². The van der Waals surface area contributed by atoms with Crippen LogP contribution in [0.5, 0.6) is 0 Å². The number of nitrogens with one attached hydrogen (secondary N) is 5. The van der Waals surface area contributed by atoms with Crippen molar-refractivity contribution in [3.05, 3.63) is 125 Å². The fourth-order valence-corrected chi connectivity index (χ4v) is 7.96. The number of amides is 3. The highest BCUT2D eigenvalue weighted by Gasteiger charge is 2.28. The van der Waals surface area contributed by atoms with Gasteiger partial charge in [-0.25, -0.2) is 0 Å². The molecular formula is C48H52N14O6. The average Bonchev–Trinajstić information content (AvgIpc) is 4.04. The lowest BCUT2D eigenvalue weighted by Crippen LogP contribution is -2.44. The molecule has 2 aromatic carbocycles. The third kappa shape index (κ3) is 11.3. The van der Waals surface area contributed by atoms with Gasteiger partial charge >= 0.3 is 5.97 Å². The molecule has 7 aromatic rings. The molecule has 1 aliphatic heterocycles. The normalized spacial score (nSPS) is 13.8. The Morgan fingerprint density at radius 2 is 1.49 bits per heavy atom. The smallest absolute Gasteiger partial charge is 0.320 e. The van der Waals surface area contributed by atoms with Gasteiger partial charge in [0.25, 0.3) is 17.6 Å². The van der Waals surface area contributed by atoms with Gasteiger partial charge in [-0.3, -0.25) is 34.0 Å². The summed E-state index contributed by atoms with van der Waals surface area (Å²) in [7, 11) is 0. The Morgan fingerprint density at radius 3 is 2.12 bits per heavy atom. The molecule has 0 bridgehead atoms. The van der Waals surface area contributed by atoms with Crippen molar-refractivity contribution in [2.45, 2.75) is 65.1 Å². The second-order valence-electron chi connectivity index (χ2n) is 16.4. The average molecular weight is 921 g/mol. The van der Waals surface area contributed by atoms with E-state index in [9.17, 15) is 24.3 Å². The van der Waals surface area contributed by atoms with Gasteiger partial charge < -0.3 is 41.8 Å². The third-order valence-corrected chi connectivity index (χ3v) is 11.6. The molecule has 1 aliphatic rings. The maximum atomic E-state index is 13.4. The number of carboxylic acid groups (broad SMARTS) is 1. The van der Waals surface area contributed by atoms with Gasteiger partial charge in [-0.05, 0) is 109 Å². The van der Waals surface area contributed by atoms with Gasteiger partial charge in [-0.2, -0.15) is 19.5 Å². The Hall–Kier alpha value is -8.10. The Morgan fingerprint density at radius 1 is 0.794 bits per heavy atom. The van der Waals surface area contributed by atoms with Crippen LogP contribution >= 0.6 is 0 Å². The van der Waals surface area contributed by atoms with E-state index in [4.69, 9.17) is 10.2 Å². The molecule has 3 amide bonds. The Bertz CT molecular complexity index is 2900. The van der Waals surface area contributed by atoms with Crippen molar-refractivity contribution in [3.63, 3.8) is 0 Å². The lowest BCUT2D eigenvalue weighted by Gasteiger charge is -2.32. The maximum absolute atomic E-state index is 13.4. The van der Waals surface area contributed by atoms with Gasteiger partial charge in [0.15, 0.2) is 5.76 Å². The van der Waals surface area contributed by atoms with Crippen molar-refractivity contribution in [1.82, 2.24) is 50.1 Å². The monoisotopic (exact) mass is 920 g/mol. The van der Waals surface area contributed by atoms with Gasteiger partial charge in [0.05, 0.1) is 6.26 Å². The van der Waals surface area contributed by atoms with E-state index in [0.29, 0.717) is 81.5 Å². The van der Waals surface area contributed by atoms with Crippen LogP contribution in [0.2, 0.25) is 0 Å². The molecule has 350 valence electrons. The maximum Gasteiger partial charge on any atom is 0.320 e. The number of nitrogens with two attached hydrogens (primary N) is 1. The molecule has 0 radical (unpaired) electrons. The minimum Gasteiger partial charge on any atom is -0.480 e. The lowest BCUT2D eigenvalue weighted by molar-refractivity contribution is -0.144. The molecule has 6 heterocycles. The Labute approximate surface area is 391 Å². The zero-order chi connectivity index (χ0) is 47.6. The summed E-state index contributed by atoms with van der Waals surface area (Å²) in [6.07, 6.45) is 8.12. The van der Waals surface area contributed by atoms with Gasteiger partial charge in [-0.1, -0.05) is 42.8 Å². The molecule has 20 heteroatoms. The van der Waals surface area contributed by atoms with Crippen LogP contribution in [0.15, 0.2) is 95.9 Å². The third-order valence-electron chi connectivity index (χ3n) is 11.6. The van der Waals surface area contributed by atoms with Crippen LogP contribution in [-0.2, 0) is 22.7 Å². The van der Waals surface area contributed by atoms with Crippen LogP contribution in [-0.4, -0.2) is 100 Å². The molecule has 0 saturated carbocycles. The lowest BCUT2D eigenvalue weighted by atomic mass is 9.94. The number of hydrogen-bond donors (Lipinski definition) is 7. The number of aliphatic carboxylic acids is 1. The molecule has 68 heavy (non-hydrogen) atoms. The minimum absolute atomic E-state index is 0.0871. The fraction of sp³-hybridized carbons (Fsp3) is 0.292. The van der Waals surface area contributed by atoms with E-state index in [1.807, 2.05) is 67.3 Å². The van der Waals surface area contributed by atoms with Gasteiger partial charge in [0, 0.05) is 62.9 Å². The molecule has 1 atom stereocenters. The molecule has 0 unspecified atom stereocenters. The summed E-state index contributed by atoms with van der Waals surface area (Å²) in [6, 6.07) is 21.3. The first-order valence-corrected chi connectivity index (χ1v) is 22.3. The van der Waals surface area contributed by atoms with E-state index in [-0.39, 0.29) is 46.8 Å². The molecule has 8 N–H and O–H groups in total. The second kappa shape index (κ2) is 21.5. The summed E-state index contributed by atoms with van der Waals surface area (Å²) in [6.45, 7) is 6.93. The first-order chi connectivity index (χ1) is 33.0. The summed E-state index contributed by atoms with van der Waals surface area (Å²) in [5, 5.41) is 29.2. The van der Waals surface area contributed by atoms with E-state index < -0.39 is 12.0 Å². The highest BCUT2D eigenvalue weighted by Crippen LogP contribution is 2.34. The van der Waals surface area contributed by atoms with Crippen LogP contribution in [0.4, 0.5) is 23.3 Å². The van der Waals surface area contributed by atoms with Crippen molar-refractivity contribution < 1.29 is 28.7 Å². The standard InChI is InChI=1S/C48H52N14O6/c1-29-33(34-10-6-12-36(30(34)2)56-44(65)38-19-17-32(27-54-38)28-61-23-4-3-13-39(61)45(66)67)9-5-11-35(29)55-43(64)37-18-16-31(26-53-37)25-50-21-22-51-41(63)15-7-20-52-47-58-46(49)62-48(59-47)57-42(60-62)40-14-8-24-68-40/h5-6,8-12,14,16-19,24,26-27,39,50H,3-4,7,13,15,20-23,25,28H2,1-2H3,(H,51,63)(H,55,64)(H,56,65)(H,66,67)(H3,49,52,57,58,59,60)/t39-/m0/s1. The number of nitrogens with zero attached hydrogens (tertiary/aromatic N) is 8. The number of furan rings is 1. The zero-order valence-corrected chi connectivity index (χ0v) is 37.7. The summed E-state index contributed by atoms with van der Waals surface area (Å²) < 4.78 is 6.67. The van der Waals surface area contributed by atoms with Crippen molar-refractivity contribution in [2.24, 2.45) is 0 Å². The number of fused-ring (bicyclic) bond motifs is 1. The van der Waals surface area contributed by atoms with Crippen LogP contribution < -0.4 is 32.3 Å². The number of carbonyl (C=O) groups excluding carboxylic acids is 3. The molecule has 1 fully saturated rings. The van der Waals surface area contributed by atoms with Crippen molar-refractivity contribution in [1.29, 1.82) is 0 Å². The predicted molar refractivity (Wildman–Crippen MR) is 255 cm³/mol. The second-order valence-corrected chi connectivity index (χ2v) is 16.4. The SMILES string of the molecule is Cc1c(NC(=O)c2ccc(CNCCNC(=O)CCCNc3nc(N)n4nc(-c5ccco5)nc4n3)cn2)cccc1-c1cccc(NC(=O)c2ccc(CN3CCCC[C@H]3C(=O)O)cn2)c1C. The summed E-state index contributed by atoms with van der Waals surface area (Å²) in [5.41, 5.74) is 13.0. The zero-order valence-electron chi connectivity index (χ0n) is 37.7. The molecule has 1 saturated heterocycles. The van der Waals surface area contributed by atoms with E-state index >= 15 is 0 Å². The summed E-state index contributed by atoms with van der Waals surface area (Å²) >= 11 is 0. The first-order valence-electron chi connectivity index (χ1n) is 22.3. The number of rotatable bonds is 19. The number of pyridine rings is 2. The van der Waals surface area contributed by atoms with Crippen LogP contribution in [0, 0.1) is 13.8 Å². The number of benzene rings is 2. The number of carbonyl (C=O) groups is 4. The van der Waals surface area contributed by atoms with E-state index in [1.54, 1.807) is 36.7 Å². The quantitative estimate of drug-likeness (QED) is 0.0495. The Balaban J connectivity index is 0.762. The van der Waals surface area contributed by atoms with Crippen LogP contribution in [0.25, 0.3) is 28.5 Å². The largest absolute Gasteiger partial charge is 0.480 e. The van der Waals surface area contributed by atoms with Crippen LogP contribution in [0.3, 0.4) is 0 Å². The Kier molecular flexibility index (Phi) is 14.7. The minimum atomic E-state index is -0.815. The number of hydrogen-bond acceptors (Lipinski definition) is 15. The van der Waals surface area contributed by atoms with E-state index in [0.717, 1.165) is 46.2 Å². The molecule has 0 spiro atoms. The van der Waals surface area contributed by atoms with Gasteiger partial charge in [-0.15, -0.1) is 5.10 Å².